The molecular weight excluding hydrogens is 321 g/mol. The second-order valence-corrected chi connectivity index (χ2v) is 6.66. The molecule has 0 atom stereocenters. The van der Waals surface area contributed by atoms with E-state index in [1.807, 2.05) is 18.2 Å². The summed E-state index contributed by atoms with van der Waals surface area (Å²) in [6.07, 6.45) is 0. The highest BCUT2D eigenvalue weighted by Gasteiger charge is 2.19. The maximum absolute atomic E-state index is 6.32. The third kappa shape index (κ3) is 2.44. The van der Waals surface area contributed by atoms with Gasteiger partial charge in [0.15, 0.2) is 0 Å². The van der Waals surface area contributed by atoms with Crippen LogP contribution in [0.15, 0.2) is 22.7 Å². The van der Waals surface area contributed by atoms with Gasteiger partial charge in [-0.15, -0.1) is 0 Å². The van der Waals surface area contributed by atoms with E-state index in [1.54, 1.807) is 0 Å². The largest absolute Gasteiger partial charge is 0.251 e. The molecule has 0 aliphatic carbocycles. The van der Waals surface area contributed by atoms with E-state index < -0.39 is 0 Å². The minimum absolute atomic E-state index is 0.0521. The van der Waals surface area contributed by atoms with Gasteiger partial charge in [-0.3, -0.25) is 4.98 Å². The number of aromatic nitrogens is 1. The zero-order valence-corrected chi connectivity index (χ0v) is 12.9. The van der Waals surface area contributed by atoms with Crippen LogP contribution in [-0.2, 0) is 5.41 Å². The molecule has 2 aromatic rings. The highest BCUT2D eigenvalue weighted by Crippen LogP contribution is 2.36. The maximum atomic E-state index is 6.32. The summed E-state index contributed by atoms with van der Waals surface area (Å²) in [7, 11) is 0. The van der Waals surface area contributed by atoms with Gasteiger partial charge in [0.2, 0.25) is 0 Å². The normalized spacial score (nSPS) is 12.1. The van der Waals surface area contributed by atoms with Crippen molar-refractivity contribution in [2.45, 2.75) is 26.2 Å². The third-order valence-electron chi connectivity index (χ3n) is 2.58. The van der Waals surface area contributed by atoms with E-state index in [-0.39, 0.29) is 5.41 Å². The predicted molar refractivity (Wildman–Crippen MR) is 78.2 cm³/mol. The van der Waals surface area contributed by atoms with Gasteiger partial charge >= 0.3 is 0 Å². The van der Waals surface area contributed by atoms with E-state index in [2.05, 4.69) is 41.7 Å². The average Bonchev–Trinajstić information content (AvgIpc) is 2.21. The fourth-order valence-corrected chi connectivity index (χ4v) is 2.75. The summed E-state index contributed by atoms with van der Waals surface area (Å²) < 4.78 is 0.912. The first-order chi connectivity index (χ1) is 7.80. The summed E-state index contributed by atoms with van der Waals surface area (Å²) in [6.45, 7) is 6.30. The molecule has 0 saturated carbocycles. The van der Waals surface area contributed by atoms with E-state index >= 15 is 0 Å². The van der Waals surface area contributed by atoms with Crippen LogP contribution in [-0.4, -0.2) is 4.98 Å². The van der Waals surface area contributed by atoms with Crippen molar-refractivity contribution in [3.63, 3.8) is 0 Å². The zero-order chi connectivity index (χ0) is 12.8. The Morgan fingerprint density at radius 1 is 1.12 bits per heavy atom. The van der Waals surface area contributed by atoms with E-state index in [4.69, 9.17) is 23.2 Å². The van der Waals surface area contributed by atoms with Crippen molar-refractivity contribution in [3.8, 4) is 0 Å². The quantitative estimate of drug-likeness (QED) is 0.611. The number of pyridine rings is 1. The molecule has 0 saturated heterocycles. The van der Waals surface area contributed by atoms with Gasteiger partial charge in [-0.1, -0.05) is 59.9 Å². The molecule has 0 amide bonds. The molecule has 0 unspecified atom stereocenters. The highest BCUT2D eigenvalue weighted by atomic mass is 79.9. The lowest BCUT2D eigenvalue weighted by atomic mass is 9.91. The van der Waals surface area contributed by atoms with Crippen molar-refractivity contribution in [1.82, 2.24) is 4.98 Å². The van der Waals surface area contributed by atoms with Crippen LogP contribution in [0.4, 0.5) is 0 Å². The van der Waals surface area contributed by atoms with Gasteiger partial charge in [0.1, 0.15) is 0 Å². The van der Waals surface area contributed by atoms with Gasteiger partial charge in [0.05, 0.1) is 15.6 Å². The molecular formula is C13H12BrCl2N. The lowest BCUT2D eigenvalue weighted by Crippen LogP contribution is -2.13. The van der Waals surface area contributed by atoms with Crippen molar-refractivity contribution < 1.29 is 0 Å². The van der Waals surface area contributed by atoms with Gasteiger partial charge in [-0.05, 0) is 18.2 Å². The number of halogens is 3. The summed E-state index contributed by atoms with van der Waals surface area (Å²) in [5.41, 5.74) is 1.64. The van der Waals surface area contributed by atoms with Crippen LogP contribution >= 0.6 is 39.1 Å². The predicted octanol–water partition coefficient (Wildman–Crippen LogP) is 5.60. The first-order valence-corrected chi connectivity index (χ1v) is 6.80. The monoisotopic (exact) mass is 331 g/mol. The molecule has 4 heteroatoms. The van der Waals surface area contributed by atoms with Gasteiger partial charge in [-0.25, -0.2) is 0 Å². The average molecular weight is 333 g/mol. The highest BCUT2D eigenvalue weighted by molar-refractivity contribution is 9.10. The molecule has 0 fully saturated rings. The van der Waals surface area contributed by atoms with E-state index in [9.17, 15) is 0 Å². The zero-order valence-electron chi connectivity index (χ0n) is 9.81. The number of rotatable bonds is 0. The number of benzene rings is 1. The topological polar surface area (TPSA) is 12.9 Å². The van der Waals surface area contributed by atoms with Gasteiger partial charge < -0.3 is 0 Å². The first kappa shape index (κ1) is 13.1. The fraction of sp³-hybridized carbons (Fsp3) is 0.308. The molecule has 0 bridgehead atoms. The van der Waals surface area contributed by atoms with Crippen molar-refractivity contribution in [3.05, 3.63) is 38.4 Å². The van der Waals surface area contributed by atoms with Crippen LogP contribution in [0, 0.1) is 0 Å². The molecule has 0 aliphatic rings. The lowest BCUT2D eigenvalue weighted by molar-refractivity contribution is 0.571. The summed E-state index contributed by atoms with van der Waals surface area (Å²) in [5, 5.41) is 2.16. The molecule has 0 spiro atoms. The Kier molecular flexibility index (Phi) is 3.41. The van der Waals surface area contributed by atoms with Crippen molar-refractivity contribution >= 4 is 50.0 Å². The van der Waals surface area contributed by atoms with Crippen molar-refractivity contribution in [2.24, 2.45) is 0 Å². The van der Waals surface area contributed by atoms with Crippen LogP contribution in [0.3, 0.4) is 0 Å². The molecule has 0 radical (unpaired) electrons. The second-order valence-electron chi connectivity index (χ2n) is 4.99. The maximum Gasteiger partial charge on any atom is 0.0918 e. The van der Waals surface area contributed by atoms with E-state index in [0.29, 0.717) is 10.0 Å². The molecule has 90 valence electrons. The molecule has 1 nitrogen and oxygen atoms in total. The van der Waals surface area contributed by atoms with E-state index in [1.165, 1.54) is 0 Å². The van der Waals surface area contributed by atoms with Gasteiger partial charge in [0, 0.05) is 21.0 Å². The molecule has 1 aromatic carbocycles. The fourth-order valence-electron chi connectivity index (χ4n) is 1.61. The van der Waals surface area contributed by atoms with Gasteiger partial charge in [-0.2, -0.15) is 0 Å². The van der Waals surface area contributed by atoms with Crippen LogP contribution in [0.1, 0.15) is 26.5 Å². The van der Waals surface area contributed by atoms with Gasteiger partial charge in [0.25, 0.3) is 0 Å². The Balaban J connectivity index is 2.87. The Labute approximate surface area is 119 Å². The summed E-state index contributed by atoms with van der Waals surface area (Å²) in [5.74, 6) is 0. The Bertz CT molecular complexity index is 588. The molecule has 2 rings (SSSR count). The lowest BCUT2D eigenvalue weighted by Gasteiger charge is -2.19. The molecule has 0 aliphatic heterocycles. The third-order valence-corrected chi connectivity index (χ3v) is 3.84. The smallest absolute Gasteiger partial charge is 0.0918 e. The molecule has 17 heavy (non-hydrogen) atoms. The summed E-state index contributed by atoms with van der Waals surface area (Å²) in [6, 6.07) is 5.61. The Hall–Kier alpha value is -0.310. The number of hydrogen-bond acceptors (Lipinski definition) is 1. The first-order valence-electron chi connectivity index (χ1n) is 5.25. The Morgan fingerprint density at radius 2 is 1.76 bits per heavy atom. The van der Waals surface area contributed by atoms with E-state index in [0.717, 1.165) is 21.1 Å². The van der Waals surface area contributed by atoms with Crippen LogP contribution in [0.2, 0.25) is 10.0 Å². The number of hydrogen-bond donors (Lipinski definition) is 0. The molecule has 1 heterocycles. The standard InChI is InChI=1S/C13H12BrCl2N/c1-13(2,3)10-6-9(16)11-7(14)4-5-8(15)12(11)17-10/h4-6H,1-3H3. The second kappa shape index (κ2) is 4.42. The number of fused-ring (bicyclic) bond motifs is 1. The summed E-state index contributed by atoms with van der Waals surface area (Å²) in [4.78, 5) is 4.62. The summed E-state index contributed by atoms with van der Waals surface area (Å²) >= 11 is 16.0. The minimum atomic E-state index is -0.0521. The Morgan fingerprint density at radius 3 is 2.35 bits per heavy atom. The molecule has 1 aromatic heterocycles. The van der Waals surface area contributed by atoms with Crippen molar-refractivity contribution in [2.75, 3.05) is 0 Å². The van der Waals surface area contributed by atoms with Crippen LogP contribution in [0.25, 0.3) is 10.9 Å². The molecule has 0 N–H and O–H groups in total. The minimum Gasteiger partial charge on any atom is -0.251 e. The van der Waals surface area contributed by atoms with Crippen LogP contribution < -0.4 is 0 Å². The van der Waals surface area contributed by atoms with Crippen molar-refractivity contribution in [1.29, 1.82) is 0 Å². The number of nitrogens with zero attached hydrogens (tertiary/aromatic N) is 1. The SMILES string of the molecule is CC(C)(C)c1cc(Cl)c2c(Br)ccc(Cl)c2n1. The van der Waals surface area contributed by atoms with Crippen LogP contribution in [0.5, 0.6) is 0 Å².